The second kappa shape index (κ2) is 21.8. The number of imide groups is 2. The third-order valence-electron chi connectivity index (χ3n) is 20.0. The van der Waals surface area contributed by atoms with Crippen molar-refractivity contribution in [3.63, 3.8) is 0 Å². The number of aromatic nitrogens is 1. The van der Waals surface area contributed by atoms with E-state index in [9.17, 15) is 0 Å². The molecule has 16 rings (SSSR count). The van der Waals surface area contributed by atoms with Crippen molar-refractivity contribution in [2.75, 3.05) is 28.8 Å². The zero-order valence-corrected chi connectivity index (χ0v) is 53.1. The Labute approximate surface area is 539 Å². The molecule has 0 saturated carbocycles. The number of pyridine rings is 1. The molecule has 2 unspecified atom stereocenters. The highest BCUT2D eigenvalue weighted by molar-refractivity contribution is 6.44. The lowest BCUT2D eigenvalue weighted by Crippen LogP contribution is -2.42. The maximum atomic E-state index is 15.6. The molecule has 0 fully saturated rings. The fraction of sp³-hybridized carbons (Fsp3) is 0.165. The van der Waals surface area contributed by atoms with Crippen LogP contribution in [0.3, 0.4) is 0 Å². The monoisotopic (exact) mass is 1200 g/mol. The summed E-state index contributed by atoms with van der Waals surface area (Å²) in [6, 6.07) is 63.2. The predicted molar refractivity (Wildman–Crippen MR) is 382 cm³/mol. The van der Waals surface area contributed by atoms with Gasteiger partial charge in [-0.05, 0) is 213 Å². The first-order chi connectivity index (χ1) is 45.2. The summed E-state index contributed by atoms with van der Waals surface area (Å²) in [6.07, 6.45) is 3.11. The van der Waals surface area contributed by atoms with E-state index in [-0.39, 0.29) is 47.3 Å². The number of nitrogens with zero attached hydrogens (tertiary/aromatic N) is 4. The summed E-state index contributed by atoms with van der Waals surface area (Å²) < 4.78 is 0. The molecular formula is C85H64N4O4. The van der Waals surface area contributed by atoms with Gasteiger partial charge in [0.2, 0.25) is 0 Å². The van der Waals surface area contributed by atoms with Gasteiger partial charge in [-0.1, -0.05) is 175 Å². The van der Waals surface area contributed by atoms with E-state index in [1.165, 1.54) is 9.80 Å². The molecule has 3 heterocycles. The molecule has 0 N–H and O–H groups in total. The third-order valence-corrected chi connectivity index (χ3v) is 20.0. The minimum atomic E-state index is -0.344. The number of benzene rings is 13. The van der Waals surface area contributed by atoms with Gasteiger partial charge in [0, 0.05) is 75.7 Å². The van der Waals surface area contributed by atoms with Gasteiger partial charge in [-0.2, -0.15) is 0 Å². The van der Waals surface area contributed by atoms with Gasteiger partial charge in [0.1, 0.15) is 5.69 Å². The van der Waals surface area contributed by atoms with E-state index in [0.717, 1.165) is 120 Å². The highest BCUT2D eigenvalue weighted by Crippen LogP contribution is 2.50. The number of fused-ring (bicyclic) bond motifs is 4. The van der Waals surface area contributed by atoms with E-state index >= 15 is 19.2 Å². The number of hydrogen-bond acceptors (Lipinski definition) is 6. The summed E-state index contributed by atoms with van der Waals surface area (Å²) in [5.74, 6) is 11.9. The van der Waals surface area contributed by atoms with Crippen molar-refractivity contribution in [2.24, 2.45) is 0 Å². The van der Waals surface area contributed by atoms with E-state index in [0.29, 0.717) is 62.9 Å². The third kappa shape index (κ3) is 8.73. The number of rotatable bonds is 10. The van der Waals surface area contributed by atoms with E-state index in [2.05, 4.69) is 196 Å². The molecule has 14 aromatic rings. The van der Waals surface area contributed by atoms with Gasteiger partial charge in [-0.25, -0.2) is 14.8 Å². The molecular weight excluding hydrogens is 1140 g/mol. The van der Waals surface area contributed by atoms with Gasteiger partial charge in [-0.15, -0.1) is 0 Å². The van der Waals surface area contributed by atoms with E-state index in [1.54, 1.807) is 6.20 Å². The number of carbonyl (C=O) groups excluding carboxylic acids is 4. The molecule has 0 radical (unpaired) electrons. The van der Waals surface area contributed by atoms with Crippen LogP contribution in [-0.4, -0.2) is 42.7 Å². The van der Waals surface area contributed by atoms with Gasteiger partial charge < -0.3 is 4.90 Å². The van der Waals surface area contributed by atoms with Crippen LogP contribution in [0.15, 0.2) is 194 Å². The molecule has 1 aromatic heterocycles. The maximum Gasteiger partial charge on any atom is 0.266 e. The van der Waals surface area contributed by atoms with Crippen LogP contribution in [0.5, 0.6) is 0 Å². The van der Waals surface area contributed by atoms with Crippen molar-refractivity contribution in [2.45, 2.75) is 78.1 Å². The topological polar surface area (TPSA) is 90.9 Å². The normalized spacial score (nSPS) is 13.9. The molecule has 93 heavy (non-hydrogen) atoms. The molecule has 2 aliphatic heterocycles. The second-order valence-electron chi connectivity index (χ2n) is 26.2. The fourth-order valence-electron chi connectivity index (χ4n) is 15.4. The van der Waals surface area contributed by atoms with E-state index in [4.69, 9.17) is 0 Å². The van der Waals surface area contributed by atoms with Crippen molar-refractivity contribution in [3.05, 3.63) is 261 Å². The standard InChI is InChI=1S/C85H64N4O4/c1-47(2)56-16-11-18-58(80(56)88-82(90)70-42-38-66-62-22-13-20-60-52(29-26-51-27-34-55(35-28-51)87(7)8)31-36-64(74(60)62)68-40-44-72(84(88)92)78(70)76(66)68)49(5)24-25-50(6)59-19-12-17-57(48(3)4)81(59)89-83(91)71-43-39-67-63-23-14-21-61-53(30-33-54-15-9-10-46-86-54)32-37-65(75(61)63)69-41-45-73(85(89)93)79(71)77(67)69/h9-23,27-28,31-32,34-50H,24-25H2,1-8H3. The number of amides is 4. The SMILES string of the molecule is CC(C)c1cccc(C(C)CCC(C)c2cccc(C(C)C)c2N2C(=O)c3ccc4c5cccc6c(C#Cc7ccccn7)ccc(c7ccc(c3c47)C2=O)c65)c1N1C(=O)c2ccc3c4cccc5c(C#Cc6ccc(N(C)C)cc6)ccc(c6ccc(c2c36)C1=O)c54. The molecule has 4 amide bonds. The Kier molecular flexibility index (Phi) is 13.3. The van der Waals surface area contributed by atoms with Gasteiger partial charge in [-0.3, -0.25) is 19.2 Å². The number of para-hydroxylation sites is 2. The molecule has 13 aromatic carbocycles. The van der Waals surface area contributed by atoms with Crippen molar-refractivity contribution in [1.82, 2.24) is 4.98 Å². The molecule has 0 saturated heterocycles. The van der Waals surface area contributed by atoms with Crippen LogP contribution in [0.4, 0.5) is 17.1 Å². The summed E-state index contributed by atoms with van der Waals surface area (Å²) in [5, 5.41) is 15.5. The molecule has 8 heteroatoms. The Bertz CT molecular complexity index is 5560. The largest absolute Gasteiger partial charge is 0.378 e. The van der Waals surface area contributed by atoms with E-state index < -0.39 is 0 Å². The quantitative estimate of drug-likeness (QED) is 0.0586. The van der Waals surface area contributed by atoms with Crippen molar-refractivity contribution in [1.29, 1.82) is 0 Å². The first kappa shape index (κ1) is 57.0. The van der Waals surface area contributed by atoms with Gasteiger partial charge in [0.25, 0.3) is 23.6 Å². The molecule has 0 bridgehead atoms. The summed E-state index contributed by atoms with van der Waals surface area (Å²) in [4.78, 5) is 71.6. The molecule has 448 valence electrons. The molecule has 8 nitrogen and oxygen atoms in total. The van der Waals surface area contributed by atoms with Crippen LogP contribution in [-0.2, 0) is 0 Å². The van der Waals surface area contributed by atoms with Gasteiger partial charge in [0.05, 0.1) is 11.4 Å². The molecule has 2 aliphatic rings. The van der Waals surface area contributed by atoms with Crippen LogP contribution in [0.1, 0.15) is 164 Å². The minimum absolute atomic E-state index is 0.0150. The average molecular weight is 1210 g/mol. The summed E-state index contributed by atoms with van der Waals surface area (Å²) in [6.45, 7) is 12.8. The first-order valence-electron chi connectivity index (χ1n) is 32.2. The number of hydrogen-bond donors (Lipinski definition) is 0. The zero-order chi connectivity index (χ0) is 63.8. The highest BCUT2D eigenvalue weighted by Gasteiger charge is 2.41. The van der Waals surface area contributed by atoms with Crippen molar-refractivity contribution >= 4 is 127 Å². The molecule has 0 spiro atoms. The lowest BCUT2D eigenvalue weighted by molar-refractivity contribution is 0.0877. The van der Waals surface area contributed by atoms with Crippen LogP contribution in [0.25, 0.3) is 86.2 Å². The Morgan fingerprint density at radius 3 is 1.14 bits per heavy atom. The first-order valence-corrected chi connectivity index (χ1v) is 32.2. The summed E-state index contributed by atoms with van der Waals surface area (Å²) in [5.41, 5.74) is 11.5. The summed E-state index contributed by atoms with van der Waals surface area (Å²) >= 11 is 0. The van der Waals surface area contributed by atoms with Crippen LogP contribution in [0, 0.1) is 23.7 Å². The average Bonchev–Trinajstić information content (AvgIpc) is 0.704. The van der Waals surface area contributed by atoms with Crippen LogP contribution < -0.4 is 14.7 Å². The highest BCUT2D eigenvalue weighted by atomic mass is 16.2. The summed E-state index contributed by atoms with van der Waals surface area (Å²) in [7, 11) is 4.05. The maximum absolute atomic E-state index is 15.6. The smallest absolute Gasteiger partial charge is 0.266 e. The Morgan fingerprint density at radius 2 is 0.731 bits per heavy atom. The van der Waals surface area contributed by atoms with Crippen molar-refractivity contribution < 1.29 is 19.2 Å². The number of anilines is 3. The van der Waals surface area contributed by atoms with E-state index in [1.807, 2.05) is 80.8 Å². The van der Waals surface area contributed by atoms with Crippen molar-refractivity contribution in [3.8, 4) is 23.7 Å². The number of carbonyl (C=O) groups is 4. The lowest BCUT2D eigenvalue weighted by atomic mass is 9.82. The van der Waals surface area contributed by atoms with Gasteiger partial charge in [0.15, 0.2) is 0 Å². The Hall–Kier alpha value is -11.2. The lowest BCUT2D eigenvalue weighted by Gasteiger charge is -2.34. The zero-order valence-electron chi connectivity index (χ0n) is 53.1. The van der Waals surface area contributed by atoms with Gasteiger partial charge >= 0.3 is 0 Å². The fourth-order valence-corrected chi connectivity index (χ4v) is 15.4. The minimum Gasteiger partial charge on any atom is -0.378 e. The Morgan fingerprint density at radius 1 is 0.355 bits per heavy atom. The molecule has 0 aliphatic carbocycles. The molecule has 2 atom stereocenters. The van der Waals surface area contributed by atoms with Crippen LogP contribution >= 0.6 is 0 Å². The van der Waals surface area contributed by atoms with Crippen LogP contribution in [0.2, 0.25) is 0 Å². The second-order valence-corrected chi connectivity index (χ2v) is 26.2. The Balaban J connectivity index is 0.722. The predicted octanol–water partition coefficient (Wildman–Crippen LogP) is 19.6.